The van der Waals surface area contributed by atoms with Gasteiger partial charge in [-0.05, 0) is 65.1 Å². The molecule has 3 aromatic rings. The number of nitrogens with two attached hydrogens (primary N) is 1. The summed E-state index contributed by atoms with van der Waals surface area (Å²) in [5.74, 6) is -0.0584. The second kappa shape index (κ2) is 8.12. The zero-order chi connectivity index (χ0) is 19.4. The molecule has 2 N–H and O–H groups in total. The van der Waals surface area contributed by atoms with Gasteiger partial charge in [0.05, 0.1) is 0 Å². The summed E-state index contributed by atoms with van der Waals surface area (Å²) in [7, 11) is 0. The van der Waals surface area contributed by atoms with Gasteiger partial charge < -0.3 is 5.73 Å². The Morgan fingerprint density at radius 2 is 1.33 bits per heavy atom. The van der Waals surface area contributed by atoms with Gasteiger partial charge in [-0.3, -0.25) is 9.59 Å². The van der Waals surface area contributed by atoms with Gasteiger partial charge >= 0.3 is 0 Å². The summed E-state index contributed by atoms with van der Waals surface area (Å²) in [5.41, 5.74) is 9.09. The maximum absolute atomic E-state index is 12.4. The molecule has 0 fully saturated rings. The fourth-order valence-electron chi connectivity index (χ4n) is 3.14. The molecule has 138 valence electrons. The lowest BCUT2D eigenvalue weighted by Gasteiger charge is -2.09. The van der Waals surface area contributed by atoms with Crippen LogP contribution in [0.25, 0.3) is 21.9 Å². The SMILES string of the molecule is CCCC(=O)c1cc(-c2ccc3cc(N)ccc3c2)cc(C(=O)CCC)n1. The topological polar surface area (TPSA) is 73.1 Å². The van der Waals surface area contributed by atoms with Crippen molar-refractivity contribution in [3.8, 4) is 11.1 Å². The number of ketones is 2. The Morgan fingerprint density at radius 1 is 0.778 bits per heavy atom. The predicted molar refractivity (Wildman–Crippen MR) is 110 cm³/mol. The van der Waals surface area contributed by atoms with E-state index in [2.05, 4.69) is 4.98 Å². The van der Waals surface area contributed by atoms with E-state index in [-0.39, 0.29) is 11.6 Å². The van der Waals surface area contributed by atoms with Crippen molar-refractivity contribution in [3.05, 3.63) is 59.9 Å². The standard InChI is InChI=1S/C23H24N2O2/c1-3-5-22(26)20-13-18(14-21(25-20)23(27)6-4-2)16-7-8-17-12-19(24)10-9-15(17)11-16/h7-14H,3-6,24H2,1-2H3. The first-order valence-corrected chi connectivity index (χ1v) is 9.40. The van der Waals surface area contributed by atoms with E-state index in [1.165, 1.54) is 0 Å². The van der Waals surface area contributed by atoms with Crippen LogP contribution in [0.3, 0.4) is 0 Å². The van der Waals surface area contributed by atoms with Gasteiger partial charge in [0.1, 0.15) is 11.4 Å². The third-order valence-electron chi connectivity index (χ3n) is 4.55. The number of Topliss-reactive ketones (excluding diaryl/α,β-unsaturated/α-hetero) is 2. The first kappa shape index (κ1) is 18.8. The zero-order valence-electron chi connectivity index (χ0n) is 15.8. The van der Waals surface area contributed by atoms with Crippen molar-refractivity contribution in [2.45, 2.75) is 39.5 Å². The number of rotatable bonds is 7. The van der Waals surface area contributed by atoms with Gasteiger partial charge in [-0.1, -0.05) is 32.0 Å². The highest BCUT2D eigenvalue weighted by molar-refractivity contribution is 6.00. The number of fused-ring (bicyclic) bond motifs is 1. The molecule has 1 aromatic heterocycles. The molecule has 0 aliphatic carbocycles. The van der Waals surface area contributed by atoms with Crippen LogP contribution in [0.5, 0.6) is 0 Å². The molecule has 0 saturated heterocycles. The molecule has 0 radical (unpaired) electrons. The van der Waals surface area contributed by atoms with Crippen LogP contribution >= 0.6 is 0 Å². The van der Waals surface area contributed by atoms with Crippen LogP contribution in [0.1, 0.15) is 60.5 Å². The summed E-state index contributed by atoms with van der Waals surface area (Å²) < 4.78 is 0. The number of carbonyl (C=O) groups excluding carboxylic acids is 2. The fraction of sp³-hybridized carbons (Fsp3) is 0.261. The number of nitrogen functional groups attached to an aromatic ring is 1. The number of benzene rings is 2. The van der Waals surface area contributed by atoms with Gasteiger partial charge in [-0.2, -0.15) is 0 Å². The average Bonchev–Trinajstić information content (AvgIpc) is 2.67. The maximum atomic E-state index is 12.4. The van der Waals surface area contributed by atoms with Crippen molar-refractivity contribution in [2.75, 3.05) is 5.73 Å². The van der Waals surface area contributed by atoms with Crippen molar-refractivity contribution in [1.82, 2.24) is 4.98 Å². The molecule has 4 nitrogen and oxygen atoms in total. The third kappa shape index (κ3) is 4.22. The van der Waals surface area contributed by atoms with Gasteiger partial charge in [-0.15, -0.1) is 0 Å². The average molecular weight is 360 g/mol. The lowest BCUT2D eigenvalue weighted by atomic mass is 9.98. The summed E-state index contributed by atoms with van der Waals surface area (Å²) in [6.45, 7) is 3.92. The number of hydrogen-bond acceptors (Lipinski definition) is 4. The second-order valence-corrected chi connectivity index (χ2v) is 6.79. The van der Waals surface area contributed by atoms with E-state index in [0.717, 1.165) is 40.4 Å². The van der Waals surface area contributed by atoms with Crippen LogP contribution in [0.2, 0.25) is 0 Å². The van der Waals surface area contributed by atoms with Crippen LogP contribution in [-0.2, 0) is 0 Å². The molecule has 27 heavy (non-hydrogen) atoms. The van der Waals surface area contributed by atoms with Gasteiger partial charge in [0, 0.05) is 18.5 Å². The molecule has 0 aliphatic rings. The van der Waals surface area contributed by atoms with E-state index >= 15 is 0 Å². The van der Waals surface area contributed by atoms with Crippen LogP contribution < -0.4 is 5.73 Å². The number of carbonyl (C=O) groups is 2. The summed E-state index contributed by atoms with van der Waals surface area (Å²) >= 11 is 0. The summed E-state index contributed by atoms with van der Waals surface area (Å²) in [6.07, 6.45) is 2.35. The Kier molecular flexibility index (Phi) is 5.65. The number of hydrogen-bond donors (Lipinski definition) is 1. The van der Waals surface area contributed by atoms with Crippen molar-refractivity contribution in [1.29, 1.82) is 0 Å². The lowest BCUT2D eigenvalue weighted by molar-refractivity contribution is 0.0973. The number of anilines is 1. The van der Waals surface area contributed by atoms with E-state index in [9.17, 15) is 9.59 Å². The molecule has 3 rings (SSSR count). The molecular formula is C23H24N2O2. The van der Waals surface area contributed by atoms with Crippen LogP contribution in [0, 0.1) is 0 Å². The van der Waals surface area contributed by atoms with Crippen molar-refractivity contribution in [2.24, 2.45) is 0 Å². The zero-order valence-corrected chi connectivity index (χ0v) is 15.8. The van der Waals surface area contributed by atoms with E-state index in [1.807, 2.05) is 50.2 Å². The fourth-order valence-corrected chi connectivity index (χ4v) is 3.14. The Labute approximate surface area is 159 Å². The number of aromatic nitrogens is 1. The van der Waals surface area contributed by atoms with Gasteiger partial charge in [0.25, 0.3) is 0 Å². The smallest absolute Gasteiger partial charge is 0.181 e. The predicted octanol–water partition coefficient (Wildman–Crippen LogP) is 5.45. The Balaban J connectivity index is 2.11. The summed E-state index contributed by atoms with van der Waals surface area (Å²) in [4.78, 5) is 29.2. The van der Waals surface area contributed by atoms with Gasteiger partial charge in [0.2, 0.25) is 0 Å². The van der Waals surface area contributed by atoms with Gasteiger partial charge in [0.15, 0.2) is 11.6 Å². The minimum Gasteiger partial charge on any atom is -0.399 e. The summed E-state index contributed by atoms with van der Waals surface area (Å²) in [5, 5.41) is 2.11. The molecule has 0 saturated carbocycles. The molecule has 0 spiro atoms. The highest BCUT2D eigenvalue weighted by Crippen LogP contribution is 2.27. The second-order valence-electron chi connectivity index (χ2n) is 6.79. The Hall–Kier alpha value is -3.01. The quantitative estimate of drug-likeness (QED) is 0.449. The minimum absolute atomic E-state index is 0.0292. The van der Waals surface area contributed by atoms with Crippen LogP contribution in [0.4, 0.5) is 5.69 Å². The molecule has 0 bridgehead atoms. The van der Waals surface area contributed by atoms with E-state index < -0.39 is 0 Å². The molecule has 1 heterocycles. The minimum atomic E-state index is -0.0292. The largest absolute Gasteiger partial charge is 0.399 e. The first-order valence-electron chi connectivity index (χ1n) is 9.40. The van der Waals surface area contributed by atoms with E-state index in [4.69, 9.17) is 5.73 Å². The van der Waals surface area contributed by atoms with E-state index in [0.29, 0.717) is 24.2 Å². The van der Waals surface area contributed by atoms with Crippen molar-refractivity contribution in [3.63, 3.8) is 0 Å². The third-order valence-corrected chi connectivity index (χ3v) is 4.55. The molecule has 2 aromatic carbocycles. The molecule has 0 atom stereocenters. The highest BCUT2D eigenvalue weighted by atomic mass is 16.1. The Morgan fingerprint density at radius 3 is 1.93 bits per heavy atom. The Bertz CT molecular complexity index is 972. The van der Waals surface area contributed by atoms with Crippen molar-refractivity contribution < 1.29 is 9.59 Å². The van der Waals surface area contributed by atoms with E-state index in [1.54, 1.807) is 12.1 Å². The number of nitrogens with zero attached hydrogens (tertiary/aromatic N) is 1. The first-order chi connectivity index (χ1) is 13.0. The van der Waals surface area contributed by atoms with Gasteiger partial charge in [-0.25, -0.2) is 4.98 Å². The van der Waals surface area contributed by atoms with Crippen molar-refractivity contribution >= 4 is 28.0 Å². The number of pyridine rings is 1. The maximum Gasteiger partial charge on any atom is 0.181 e. The molecule has 0 aliphatic heterocycles. The monoisotopic (exact) mass is 360 g/mol. The normalized spacial score (nSPS) is 10.9. The molecule has 0 amide bonds. The molecular weight excluding hydrogens is 336 g/mol. The van der Waals surface area contributed by atoms with Crippen LogP contribution in [0.15, 0.2) is 48.5 Å². The summed E-state index contributed by atoms with van der Waals surface area (Å²) in [6, 6.07) is 15.4. The molecule has 4 heteroatoms. The lowest BCUT2D eigenvalue weighted by Crippen LogP contribution is -2.09. The highest BCUT2D eigenvalue weighted by Gasteiger charge is 2.15. The molecule has 0 unspecified atom stereocenters. The van der Waals surface area contributed by atoms with Crippen LogP contribution in [-0.4, -0.2) is 16.6 Å².